The van der Waals surface area contributed by atoms with E-state index in [-0.39, 0.29) is 5.91 Å². The molecule has 3 aromatic rings. The smallest absolute Gasteiger partial charge is 0.280 e. The van der Waals surface area contributed by atoms with Crippen molar-refractivity contribution in [2.45, 2.75) is 18.4 Å². The summed E-state index contributed by atoms with van der Waals surface area (Å²) in [6.45, 7) is 2.39. The van der Waals surface area contributed by atoms with Crippen molar-refractivity contribution in [3.8, 4) is 6.07 Å². The van der Waals surface area contributed by atoms with Gasteiger partial charge in [0, 0.05) is 16.8 Å². The van der Waals surface area contributed by atoms with Crippen LogP contribution in [0.2, 0.25) is 0 Å². The SMILES string of the molecule is CSNC(=O)c1nc(N(Cc2ccc([S+](C)[O-])cc2)c2ccc(C#N)cc2)sc1C. The normalized spacial score (nSPS) is 11.6. The standard InChI is InChI=1S/C21H20N4O2S3/c1-14-19(20(26)24-28-2)23-21(29-14)25(17-8-4-15(12-22)5-9-17)13-16-6-10-18(11-7-16)30(3)27/h4-11H,13H2,1-3H3,(H,24,26). The van der Waals surface area contributed by atoms with Crippen molar-refractivity contribution >= 4 is 51.2 Å². The number of carbonyl (C=O) groups excluding carboxylic acids is 1. The van der Waals surface area contributed by atoms with Crippen molar-refractivity contribution in [3.63, 3.8) is 0 Å². The van der Waals surface area contributed by atoms with Crippen molar-refractivity contribution in [3.05, 3.63) is 70.2 Å². The Labute approximate surface area is 187 Å². The fourth-order valence-electron chi connectivity index (χ4n) is 2.80. The first-order valence-electron chi connectivity index (χ1n) is 8.93. The molecule has 1 amide bonds. The molecule has 0 radical (unpaired) electrons. The lowest BCUT2D eigenvalue weighted by Crippen LogP contribution is -2.19. The highest BCUT2D eigenvalue weighted by Crippen LogP contribution is 2.33. The first-order chi connectivity index (χ1) is 14.4. The molecule has 0 fully saturated rings. The molecule has 1 aromatic heterocycles. The summed E-state index contributed by atoms with van der Waals surface area (Å²) in [5.41, 5.74) is 2.85. The summed E-state index contributed by atoms with van der Waals surface area (Å²) in [4.78, 5) is 20.5. The van der Waals surface area contributed by atoms with Gasteiger partial charge in [0.1, 0.15) is 11.9 Å². The first-order valence-corrected chi connectivity index (χ1v) is 12.5. The van der Waals surface area contributed by atoms with Gasteiger partial charge in [-0.1, -0.05) is 24.1 Å². The van der Waals surface area contributed by atoms with Crippen LogP contribution in [0.5, 0.6) is 0 Å². The molecule has 154 valence electrons. The van der Waals surface area contributed by atoms with Crippen molar-refractivity contribution in [1.29, 1.82) is 5.26 Å². The van der Waals surface area contributed by atoms with Crippen molar-refractivity contribution < 1.29 is 9.35 Å². The number of nitriles is 1. The minimum Gasteiger partial charge on any atom is -0.612 e. The third-order valence-corrected chi connectivity index (χ3v) is 6.65. The van der Waals surface area contributed by atoms with Gasteiger partial charge in [0.25, 0.3) is 5.91 Å². The summed E-state index contributed by atoms with van der Waals surface area (Å²) < 4.78 is 14.4. The number of aromatic nitrogens is 1. The molecule has 0 spiro atoms. The fourth-order valence-corrected chi connectivity index (χ4v) is 4.53. The van der Waals surface area contributed by atoms with E-state index in [9.17, 15) is 9.35 Å². The molecule has 9 heteroatoms. The number of thiazole rings is 1. The van der Waals surface area contributed by atoms with Crippen LogP contribution in [-0.2, 0) is 17.7 Å². The van der Waals surface area contributed by atoms with Crippen LogP contribution in [-0.4, -0.2) is 28.0 Å². The highest BCUT2D eigenvalue weighted by molar-refractivity contribution is 7.97. The fraction of sp³-hybridized carbons (Fsp3) is 0.190. The van der Waals surface area contributed by atoms with Crippen LogP contribution >= 0.6 is 23.3 Å². The maximum Gasteiger partial charge on any atom is 0.280 e. The first kappa shape index (κ1) is 22.2. The van der Waals surface area contributed by atoms with Gasteiger partial charge in [-0.25, -0.2) is 4.98 Å². The van der Waals surface area contributed by atoms with Crippen LogP contribution in [0.3, 0.4) is 0 Å². The lowest BCUT2D eigenvalue weighted by molar-refractivity contribution is 0.0980. The van der Waals surface area contributed by atoms with E-state index in [0.29, 0.717) is 22.9 Å². The summed E-state index contributed by atoms with van der Waals surface area (Å²) in [5, 5.41) is 9.78. The number of carbonyl (C=O) groups is 1. The van der Waals surface area contributed by atoms with E-state index in [0.717, 1.165) is 21.0 Å². The van der Waals surface area contributed by atoms with E-state index in [2.05, 4.69) is 15.8 Å². The van der Waals surface area contributed by atoms with Gasteiger partial charge in [-0.3, -0.25) is 9.52 Å². The summed E-state index contributed by atoms with van der Waals surface area (Å²) in [5.74, 6) is -0.225. The second kappa shape index (κ2) is 10.00. The monoisotopic (exact) mass is 456 g/mol. The van der Waals surface area contributed by atoms with Gasteiger partial charge < -0.3 is 9.45 Å². The molecule has 0 aliphatic heterocycles. The van der Waals surface area contributed by atoms with Gasteiger partial charge in [-0.2, -0.15) is 5.26 Å². The number of amides is 1. The van der Waals surface area contributed by atoms with Crippen LogP contribution < -0.4 is 9.62 Å². The Morgan fingerprint density at radius 3 is 2.50 bits per heavy atom. The van der Waals surface area contributed by atoms with Crippen LogP contribution in [0.25, 0.3) is 0 Å². The Hall–Kier alpha value is -2.51. The molecule has 1 heterocycles. The molecule has 2 aromatic carbocycles. The zero-order valence-electron chi connectivity index (χ0n) is 16.7. The second-order valence-electron chi connectivity index (χ2n) is 6.38. The van der Waals surface area contributed by atoms with Gasteiger partial charge in [-0.15, -0.1) is 11.3 Å². The molecule has 0 saturated carbocycles. The molecule has 6 nitrogen and oxygen atoms in total. The third-order valence-electron chi connectivity index (χ3n) is 4.33. The number of nitrogens with zero attached hydrogens (tertiary/aromatic N) is 3. The minimum absolute atomic E-state index is 0.225. The number of anilines is 2. The number of nitrogens with one attached hydrogen (secondary N) is 1. The van der Waals surface area contributed by atoms with Gasteiger partial charge in [0.05, 0.1) is 18.2 Å². The average Bonchev–Trinajstić information content (AvgIpc) is 3.14. The molecule has 0 aliphatic carbocycles. The van der Waals surface area contributed by atoms with Crippen LogP contribution in [0, 0.1) is 18.3 Å². The zero-order chi connectivity index (χ0) is 21.7. The maximum absolute atomic E-state index is 12.3. The van der Waals surface area contributed by atoms with Crippen LogP contribution in [0.1, 0.15) is 26.5 Å². The number of hydrogen-bond acceptors (Lipinski definition) is 7. The zero-order valence-corrected chi connectivity index (χ0v) is 19.2. The molecule has 0 bridgehead atoms. The van der Waals surface area contributed by atoms with Crippen molar-refractivity contribution in [2.75, 3.05) is 17.4 Å². The topological polar surface area (TPSA) is 92.1 Å². The third kappa shape index (κ3) is 5.15. The van der Waals surface area contributed by atoms with E-state index < -0.39 is 11.2 Å². The predicted octanol–water partition coefficient (Wildman–Crippen LogP) is 4.41. The van der Waals surface area contributed by atoms with Gasteiger partial charge in [-0.05, 0) is 60.1 Å². The van der Waals surface area contributed by atoms with Crippen LogP contribution in [0.4, 0.5) is 10.8 Å². The van der Waals surface area contributed by atoms with E-state index in [1.165, 1.54) is 23.3 Å². The lowest BCUT2D eigenvalue weighted by atomic mass is 10.2. The number of rotatable bonds is 7. The Morgan fingerprint density at radius 2 is 1.93 bits per heavy atom. The minimum atomic E-state index is -1.03. The van der Waals surface area contributed by atoms with E-state index in [1.54, 1.807) is 24.6 Å². The Bertz CT molecular complexity index is 1060. The Kier molecular flexibility index (Phi) is 7.39. The molecule has 0 saturated heterocycles. The number of aryl methyl sites for hydroxylation is 1. The number of benzene rings is 2. The average molecular weight is 457 g/mol. The van der Waals surface area contributed by atoms with Crippen LogP contribution in [0.15, 0.2) is 53.4 Å². The van der Waals surface area contributed by atoms with Gasteiger partial charge in [0.2, 0.25) is 0 Å². The molecule has 3 rings (SSSR count). The van der Waals surface area contributed by atoms with Gasteiger partial charge >= 0.3 is 0 Å². The van der Waals surface area contributed by atoms with Crippen molar-refractivity contribution in [1.82, 2.24) is 9.71 Å². The highest BCUT2D eigenvalue weighted by atomic mass is 32.2. The van der Waals surface area contributed by atoms with E-state index in [1.807, 2.05) is 48.2 Å². The molecular formula is C21H20N4O2S3. The highest BCUT2D eigenvalue weighted by Gasteiger charge is 2.20. The van der Waals surface area contributed by atoms with E-state index in [4.69, 9.17) is 5.26 Å². The molecule has 1 N–H and O–H groups in total. The summed E-state index contributed by atoms with van der Waals surface area (Å²) >= 11 is 1.64. The second-order valence-corrected chi connectivity index (χ2v) is 9.55. The molecule has 1 unspecified atom stereocenters. The molecule has 1 atom stereocenters. The Morgan fingerprint density at radius 1 is 1.27 bits per heavy atom. The summed E-state index contributed by atoms with van der Waals surface area (Å²) in [6, 6.07) is 17.0. The lowest BCUT2D eigenvalue weighted by Gasteiger charge is -2.22. The van der Waals surface area contributed by atoms with Crippen molar-refractivity contribution in [2.24, 2.45) is 0 Å². The predicted molar refractivity (Wildman–Crippen MR) is 124 cm³/mol. The van der Waals surface area contributed by atoms with E-state index >= 15 is 0 Å². The quantitative estimate of drug-likeness (QED) is 0.418. The molecule has 30 heavy (non-hydrogen) atoms. The molecule has 0 aliphatic rings. The molecular weight excluding hydrogens is 436 g/mol. The van der Waals surface area contributed by atoms with Gasteiger partial charge in [0.15, 0.2) is 10.0 Å². The largest absolute Gasteiger partial charge is 0.612 e. The summed E-state index contributed by atoms with van der Waals surface area (Å²) in [6.07, 6.45) is 3.44. The Balaban J connectivity index is 1.98. The summed E-state index contributed by atoms with van der Waals surface area (Å²) in [7, 11) is 0. The maximum atomic E-state index is 12.3. The number of hydrogen-bond donors (Lipinski definition) is 1.